The monoisotopic (exact) mass is 444 g/mol. The van der Waals surface area contributed by atoms with Gasteiger partial charge in [-0.05, 0) is 105 Å². The van der Waals surface area contributed by atoms with Gasteiger partial charge in [0.2, 0.25) is 0 Å². The molecule has 176 valence electrons. The first-order chi connectivity index (χ1) is 14.4. The van der Waals surface area contributed by atoms with Crippen LogP contribution in [0.1, 0.15) is 86.0 Å². The van der Waals surface area contributed by atoms with Crippen LogP contribution in [0.15, 0.2) is 23.8 Å². The first-order valence-electron chi connectivity index (χ1n) is 13.1. The summed E-state index contributed by atoms with van der Waals surface area (Å²) in [5.41, 5.74) is 1.22. The van der Waals surface area contributed by atoms with Gasteiger partial charge in [0.25, 0.3) is 0 Å². The Labute approximate surface area is 193 Å². The van der Waals surface area contributed by atoms with E-state index in [-0.39, 0.29) is 10.5 Å². The Hall–Kier alpha value is -0.383. The smallest absolute Gasteiger partial charge is 0.191 e. The largest absolute Gasteiger partial charge is 0.417 e. The van der Waals surface area contributed by atoms with E-state index in [1.54, 1.807) is 0 Å². The summed E-state index contributed by atoms with van der Waals surface area (Å²) in [6.07, 6.45) is 16.6. The van der Waals surface area contributed by atoms with E-state index in [4.69, 9.17) is 4.43 Å². The van der Waals surface area contributed by atoms with E-state index < -0.39 is 13.9 Å². The number of allylic oxidation sites excluding steroid dienone is 3. The second-order valence-corrected chi connectivity index (χ2v) is 18.3. The summed E-state index contributed by atoms with van der Waals surface area (Å²) in [5.74, 6) is 2.91. The van der Waals surface area contributed by atoms with Crippen molar-refractivity contribution in [3.63, 3.8) is 0 Å². The number of aliphatic hydroxyl groups is 1. The van der Waals surface area contributed by atoms with Crippen LogP contribution in [-0.2, 0) is 4.43 Å². The Kier molecular flexibility index (Phi) is 6.23. The summed E-state index contributed by atoms with van der Waals surface area (Å²) in [7, 11) is -1.72. The van der Waals surface area contributed by atoms with Gasteiger partial charge in [0.1, 0.15) is 0 Å². The standard InChI is InChI=1S/C28H48O2Si/c1-20(19-30-31(6,7)26(2,3)4)24-11-12-25-27(24,5)15-14-23-18-22-10-8-9-21(17-22)13-16-28(23,25)29/h8-9,13,20,22-25,29H,10-12,14-19H2,1-7H3/b21-13-/t20-,22+,23+,24-,25-,27-,28+/m1/s1. The van der Waals surface area contributed by atoms with Gasteiger partial charge in [-0.1, -0.05) is 58.4 Å². The lowest BCUT2D eigenvalue weighted by Crippen LogP contribution is -2.56. The molecular weight excluding hydrogens is 396 g/mol. The topological polar surface area (TPSA) is 29.5 Å². The first-order valence-corrected chi connectivity index (χ1v) is 16.0. The maximum atomic E-state index is 12.3. The van der Waals surface area contributed by atoms with E-state index in [1.807, 2.05) is 0 Å². The van der Waals surface area contributed by atoms with E-state index in [9.17, 15) is 5.11 Å². The Morgan fingerprint density at radius 1 is 1.23 bits per heavy atom. The number of rotatable bonds is 4. The molecule has 4 aliphatic rings. The van der Waals surface area contributed by atoms with Crippen molar-refractivity contribution in [3.8, 4) is 0 Å². The van der Waals surface area contributed by atoms with Crippen molar-refractivity contribution in [2.75, 3.05) is 6.61 Å². The highest BCUT2D eigenvalue weighted by molar-refractivity contribution is 6.74. The second kappa shape index (κ2) is 8.13. The normalized spacial score (nSPS) is 43.3. The van der Waals surface area contributed by atoms with Crippen molar-refractivity contribution < 1.29 is 9.53 Å². The van der Waals surface area contributed by atoms with E-state index in [1.165, 1.54) is 50.5 Å². The molecule has 4 rings (SSSR count). The molecule has 0 aliphatic heterocycles. The van der Waals surface area contributed by atoms with Crippen LogP contribution >= 0.6 is 0 Å². The Bertz CT molecular complexity index is 732. The van der Waals surface area contributed by atoms with Crippen molar-refractivity contribution in [1.82, 2.24) is 0 Å². The molecule has 0 heterocycles. The molecule has 3 heteroatoms. The van der Waals surface area contributed by atoms with Gasteiger partial charge in [-0.3, -0.25) is 0 Å². The lowest BCUT2D eigenvalue weighted by molar-refractivity contribution is -0.152. The van der Waals surface area contributed by atoms with Gasteiger partial charge in [0.15, 0.2) is 8.32 Å². The summed E-state index contributed by atoms with van der Waals surface area (Å²) >= 11 is 0. The molecule has 0 spiro atoms. The lowest BCUT2D eigenvalue weighted by Gasteiger charge is -2.56. The van der Waals surface area contributed by atoms with Crippen molar-refractivity contribution in [2.24, 2.45) is 35.0 Å². The average Bonchev–Trinajstić information content (AvgIpc) is 3.04. The molecule has 2 fully saturated rings. The third-order valence-electron chi connectivity index (χ3n) is 10.6. The number of hydrogen-bond donors (Lipinski definition) is 1. The fourth-order valence-electron chi connectivity index (χ4n) is 7.63. The zero-order valence-electron chi connectivity index (χ0n) is 21.3. The molecule has 0 saturated heterocycles. The zero-order valence-corrected chi connectivity index (χ0v) is 22.3. The van der Waals surface area contributed by atoms with Crippen molar-refractivity contribution in [1.29, 1.82) is 0 Å². The summed E-state index contributed by atoms with van der Waals surface area (Å²) < 4.78 is 6.67. The highest BCUT2D eigenvalue weighted by Gasteiger charge is 2.61. The Morgan fingerprint density at radius 2 is 1.97 bits per heavy atom. The highest BCUT2D eigenvalue weighted by atomic mass is 28.4. The van der Waals surface area contributed by atoms with Gasteiger partial charge in [-0.2, -0.15) is 0 Å². The van der Waals surface area contributed by atoms with E-state index in [0.717, 1.165) is 18.9 Å². The molecule has 4 aliphatic carbocycles. The van der Waals surface area contributed by atoms with Crippen LogP contribution in [0.25, 0.3) is 0 Å². The maximum Gasteiger partial charge on any atom is 0.191 e. The van der Waals surface area contributed by atoms with Crippen LogP contribution in [0.3, 0.4) is 0 Å². The molecule has 0 aromatic heterocycles. The minimum atomic E-state index is -1.72. The maximum absolute atomic E-state index is 12.3. The van der Waals surface area contributed by atoms with Crippen LogP contribution in [-0.4, -0.2) is 25.6 Å². The molecular formula is C28H48O2Si. The molecule has 1 N–H and O–H groups in total. The quantitative estimate of drug-likeness (QED) is 0.455. The summed E-state index contributed by atoms with van der Waals surface area (Å²) in [6, 6.07) is 0. The van der Waals surface area contributed by atoms with Crippen molar-refractivity contribution in [2.45, 2.75) is 110 Å². The van der Waals surface area contributed by atoms with E-state index in [2.05, 4.69) is 65.9 Å². The lowest BCUT2D eigenvalue weighted by atomic mass is 9.52. The summed E-state index contributed by atoms with van der Waals surface area (Å²) in [4.78, 5) is 0. The molecule has 7 atom stereocenters. The van der Waals surface area contributed by atoms with Gasteiger partial charge in [-0.25, -0.2) is 0 Å². The van der Waals surface area contributed by atoms with E-state index in [0.29, 0.717) is 23.7 Å². The number of fused-ring (bicyclic) bond motifs is 5. The van der Waals surface area contributed by atoms with Crippen LogP contribution in [0, 0.1) is 35.0 Å². The van der Waals surface area contributed by atoms with Gasteiger partial charge >= 0.3 is 0 Å². The van der Waals surface area contributed by atoms with E-state index >= 15 is 0 Å². The van der Waals surface area contributed by atoms with Crippen LogP contribution in [0.4, 0.5) is 0 Å². The molecule has 2 nitrogen and oxygen atoms in total. The molecule has 2 saturated carbocycles. The SMILES string of the molecule is C[C@H](CO[Si](C)(C)C(C)(C)C)[C@H]1CC[C@@H]2[C@]1(C)CC[C@H]1C[C@H]3CC=C/C(=C/C[C@]12O)C3. The van der Waals surface area contributed by atoms with Crippen LogP contribution in [0.5, 0.6) is 0 Å². The third kappa shape index (κ3) is 4.17. The zero-order chi connectivity index (χ0) is 22.7. The molecule has 31 heavy (non-hydrogen) atoms. The average molecular weight is 445 g/mol. The Balaban J connectivity index is 1.52. The molecule has 2 bridgehead atoms. The molecule has 0 unspecified atom stereocenters. The molecule has 0 aromatic carbocycles. The van der Waals surface area contributed by atoms with Gasteiger partial charge in [0, 0.05) is 6.61 Å². The van der Waals surface area contributed by atoms with Gasteiger partial charge in [-0.15, -0.1) is 0 Å². The summed E-state index contributed by atoms with van der Waals surface area (Å²) in [5, 5.41) is 12.5. The third-order valence-corrected chi connectivity index (χ3v) is 15.1. The summed E-state index contributed by atoms with van der Waals surface area (Å²) in [6.45, 7) is 17.6. The molecule has 0 aromatic rings. The fraction of sp³-hybridized carbons (Fsp3) is 0.857. The molecule has 0 amide bonds. The first kappa shape index (κ1) is 23.8. The Morgan fingerprint density at radius 3 is 2.68 bits per heavy atom. The predicted octanol–water partition coefficient (Wildman–Crippen LogP) is 7.50. The molecule has 0 radical (unpaired) electrons. The van der Waals surface area contributed by atoms with Gasteiger partial charge in [0.05, 0.1) is 5.60 Å². The van der Waals surface area contributed by atoms with Gasteiger partial charge < -0.3 is 9.53 Å². The van der Waals surface area contributed by atoms with Crippen LogP contribution < -0.4 is 0 Å². The van der Waals surface area contributed by atoms with Crippen molar-refractivity contribution in [3.05, 3.63) is 23.8 Å². The minimum Gasteiger partial charge on any atom is -0.417 e. The van der Waals surface area contributed by atoms with Crippen molar-refractivity contribution >= 4 is 8.32 Å². The van der Waals surface area contributed by atoms with Crippen LogP contribution in [0.2, 0.25) is 18.1 Å². The highest BCUT2D eigenvalue weighted by Crippen LogP contribution is 2.64. The fourth-order valence-corrected chi connectivity index (χ4v) is 8.74. The minimum absolute atomic E-state index is 0.254. The predicted molar refractivity (Wildman–Crippen MR) is 133 cm³/mol. The number of hydrogen-bond acceptors (Lipinski definition) is 2. The second-order valence-electron chi connectivity index (χ2n) is 13.4.